The first-order chi connectivity index (χ1) is 12.1. The molecule has 2 atom stereocenters. The van der Waals surface area contributed by atoms with Gasteiger partial charge in [0.2, 0.25) is 0 Å². The van der Waals surface area contributed by atoms with Crippen molar-refractivity contribution < 1.29 is 14.5 Å². The molecular formula is C17H14N4O4. The Bertz CT molecular complexity index is 834. The summed E-state index contributed by atoms with van der Waals surface area (Å²) in [6.07, 6.45) is -0.598. The summed E-state index contributed by atoms with van der Waals surface area (Å²) in [5, 5.41) is 21.6. The smallest absolute Gasteiger partial charge is 0.425 e. The monoisotopic (exact) mass is 338 g/mol. The molecule has 2 aromatic carbocycles. The molecule has 2 aromatic rings. The molecule has 25 heavy (non-hydrogen) atoms. The molecule has 0 bridgehead atoms. The molecule has 0 radical (unpaired) electrons. The number of hydrazine groups is 1. The molecule has 3 rings (SSSR count). The highest BCUT2D eigenvalue weighted by Gasteiger charge is 2.36. The van der Waals surface area contributed by atoms with Gasteiger partial charge in [0, 0.05) is 12.1 Å². The standard InChI is InChI=1S/C17H14N4O4/c18-10-15(13-7-4-8-14(9-13)21(23)24)19-20-16(11-25-17(20)22)12-5-2-1-3-6-12/h1-9,15-16,19H,11H2/t15-,16-/m1/s1. The van der Waals surface area contributed by atoms with Crippen LogP contribution in [0.4, 0.5) is 10.5 Å². The van der Waals surface area contributed by atoms with Gasteiger partial charge in [0.15, 0.2) is 0 Å². The Hall–Kier alpha value is -3.44. The van der Waals surface area contributed by atoms with Gasteiger partial charge in [-0.1, -0.05) is 42.5 Å². The summed E-state index contributed by atoms with van der Waals surface area (Å²) in [7, 11) is 0. The summed E-state index contributed by atoms with van der Waals surface area (Å²) in [4.78, 5) is 22.4. The zero-order valence-electron chi connectivity index (χ0n) is 13.0. The number of nitro benzene ring substituents is 1. The van der Waals surface area contributed by atoms with Crippen molar-refractivity contribution in [1.29, 1.82) is 5.26 Å². The number of nitrogens with zero attached hydrogens (tertiary/aromatic N) is 3. The lowest BCUT2D eigenvalue weighted by molar-refractivity contribution is -0.384. The van der Waals surface area contributed by atoms with Crippen molar-refractivity contribution in [1.82, 2.24) is 10.4 Å². The van der Waals surface area contributed by atoms with Gasteiger partial charge in [-0.2, -0.15) is 5.26 Å². The predicted molar refractivity (Wildman–Crippen MR) is 87.0 cm³/mol. The molecule has 1 fully saturated rings. The second-order valence-electron chi connectivity index (χ2n) is 5.42. The van der Waals surface area contributed by atoms with Crippen LogP contribution >= 0.6 is 0 Å². The fourth-order valence-electron chi connectivity index (χ4n) is 2.62. The Morgan fingerprint density at radius 1 is 1.28 bits per heavy atom. The topological polar surface area (TPSA) is 108 Å². The molecule has 1 aliphatic heterocycles. The van der Waals surface area contributed by atoms with Crippen molar-refractivity contribution in [3.05, 3.63) is 75.8 Å². The van der Waals surface area contributed by atoms with Crippen molar-refractivity contribution in [2.75, 3.05) is 6.61 Å². The van der Waals surface area contributed by atoms with Crippen LogP contribution in [-0.4, -0.2) is 22.6 Å². The first-order valence-corrected chi connectivity index (χ1v) is 7.51. The van der Waals surface area contributed by atoms with Gasteiger partial charge in [-0.05, 0) is 11.1 Å². The van der Waals surface area contributed by atoms with E-state index >= 15 is 0 Å². The number of nitrogens with one attached hydrogen (secondary N) is 1. The van der Waals surface area contributed by atoms with E-state index in [9.17, 15) is 20.2 Å². The molecule has 1 heterocycles. The van der Waals surface area contributed by atoms with Crippen molar-refractivity contribution >= 4 is 11.8 Å². The van der Waals surface area contributed by atoms with E-state index in [-0.39, 0.29) is 18.3 Å². The second kappa shape index (κ2) is 6.98. The molecule has 0 aliphatic carbocycles. The molecule has 0 spiro atoms. The van der Waals surface area contributed by atoms with Crippen LogP contribution in [0.2, 0.25) is 0 Å². The van der Waals surface area contributed by atoms with Gasteiger partial charge in [-0.25, -0.2) is 15.2 Å². The molecule has 1 aliphatic rings. The molecule has 1 saturated heterocycles. The fourth-order valence-corrected chi connectivity index (χ4v) is 2.62. The lowest BCUT2D eigenvalue weighted by atomic mass is 10.1. The van der Waals surface area contributed by atoms with Gasteiger partial charge in [0.25, 0.3) is 5.69 Å². The number of nitro groups is 1. The molecule has 1 N–H and O–H groups in total. The van der Waals surface area contributed by atoms with Crippen molar-refractivity contribution in [3.8, 4) is 6.07 Å². The van der Waals surface area contributed by atoms with Crippen LogP contribution < -0.4 is 5.43 Å². The van der Waals surface area contributed by atoms with Gasteiger partial charge < -0.3 is 4.74 Å². The number of carbonyl (C=O) groups is 1. The van der Waals surface area contributed by atoms with E-state index in [4.69, 9.17) is 4.74 Å². The van der Waals surface area contributed by atoms with E-state index < -0.39 is 17.1 Å². The minimum Gasteiger partial charge on any atom is -0.446 e. The third-order valence-electron chi connectivity index (χ3n) is 3.87. The number of non-ortho nitro benzene ring substituents is 1. The number of nitriles is 1. The zero-order valence-corrected chi connectivity index (χ0v) is 13.0. The summed E-state index contributed by atoms with van der Waals surface area (Å²) < 4.78 is 5.08. The lowest BCUT2D eigenvalue weighted by Crippen LogP contribution is -2.42. The lowest BCUT2D eigenvalue weighted by Gasteiger charge is -2.25. The highest BCUT2D eigenvalue weighted by molar-refractivity contribution is 5.70. The molecular weight excluding hydrogens is 324 g/mol. The maximum absolute atomic E-state index is 12.0. The maximum Gasteiger partial charge on any atom is 0.425 e. The van der Waals surface area contributed by atoms with E-state index in [1.54, 1.807) is 6.07 Å². The number of hydrogen-bond donors (Lipinski definition) is 1. The van der Waals surface area contributed by atoms with Gasteiger partial charge in [-0.3, -0.25) is 10.1 Å². The molecule has 0 aromatic heterocycles. The number of benzene rings is 2. The van der Waals surface area contributed by atoms with Crippen LogP contribution in [0.5, 0.6) is 0 Å². The molecule has 0 saturated carbocycles. The number of rotatable bonds is 5. The molecule has 0 unspecified atom stereocenters. The third kappa shape index (κ3) is 3.41. The predicted octanol–water partition coefficient (Wildman–Crippen LogP) is 2.86. The van der Waals surface area contributed by atoms with E-state index in [0.717, 1.165) is 5.56 Å². The number of carbonyl (C=O) groups excluding carboxylic acids is 1. The minimum atomic E-state index is -0.934. The molecule has 126 valence electrons. The Morgan fingerprint density at radius 2 is 2.04 bits per heavy atom. The van der Waals surface area contributed by atoms with Gasteiger partial charge >= 0.3 is 6.09 Å². The van der Waals surface area contributed by atoms with E-state index in [1.807, 2.05) is 36.4 Å². The van der Waals surface area contributed by atoms with Crippen LogP contribution in [0.1, 0.15) is 23.2 Å². The van der Waals surface area contributed by atoms with E-state index in [0.29, 0.717) is 5.56 Å². The Morgan fingerprint density at radius 3 is 2.72 bits per heavy atom. The quantitative estimate of drug-likeness (QED) is 0.663. The number of hydrogen-bond acceptors (Lipinski definition) is 6. The van der Waals surface area contributed by atoms with E-state index in [2.05, 4.69) is 5.43 Å². The van der Waals surface area contributed by atoms with Gasteiger partial charge in [0.1, 0.15) is 18.7 Å². The van der Waals surface area contributed by atoms with Crippen molar-refractivity contribution in [2.45, 2.75) is 12.1 Å². The van der Waals surface area contributed by atoms with Crippen LogP contribution in [-0.2, 0) is 4.74 Å². The second-order valence-corrected chi connectivity index (χ2v) is 5.42. The van der Waals surface area contributed by atoms with Gasteiger partial charge in [-0.15, -0.1) is 0 Å². The largest absolute Gasteiger partial charge is 0.446 e. The van der Waals surface area contributed by atoms with Crippen molar-refractivity contribution in [3.63, 3.8) is 0 Å². The minimum absolute atomic E-state index is 0.122. The fraction of sp³-hybridized carbons (Fsp3) is 0.176. The average molecular weight is 338 g/mol. The van der Waals surface area contributed by atoms with Crippen LogP contribution in [0, 0.1) is 21.4 Å². The highest BCUT2D eigenvalue weighted by Crippen LogP contribution is 2.28. The summed E-state index contributed by atoms with van der Waals surface area (Å²) in [6, 6.07) is 15.7. The summed E-state index contributed by atoms with van der Waals surface area (Å²) >= 11 is 0. The third-order valence-corrected chi connectivity index (χ3v) is 3.87. The van der Waals surface area contributed by atoms with E-state index in [1.165, 1.54) is 23.2 Å². The first kappa shape index (κ1) is 16.4. The Kier molecular flexibility index (Phi) is 4.59. The van der Waals surface area contributed by atoms with Crippen LogP contribution in [0.25, 0.3) is 0 Å². The summed E-state index contributed by atoms with van der Waals surface area (Å²) in [5.41, 5.74) is 3.95. The maximum atomic E-state index is 12.0. The highest BCUT2D eigenvalue weighted by atomic mass is 16.6. The molecule has 1 amide bonds. The summed E-state index contributed by atoms with van der Waals surface area (Å²) in [5.74, 6) is 0. The Labute approximate surface area is 143 Å². The van der Waals surface area contributed by atoms with Crippen LogP contribution in [0.3, 0.4) is 0 Å². The SMILES string of the molecule is N#C[C@@H](NN1C(=O)OC[C@@H]1c1ccccc1)c1cccc([N+](=O)[O-])c1. The van der Waals surface area contributed by atoms with Crippen LogP contribution in [0.15, 0.2) is 54.6 Å². The average Bonchev–Trinajstić information content (AvgIpc) is 3.01. The number of ether oxygens (including phenoxy) is 1. The van der Waals surface area contributed by atoms with Crippen molar-refractivity contribution in [2.24, 2.45) is 0 Å². The zero-order chi connectivity index (χ0) is 17.8. The molecule has 8 heteroatoms. The molecule has 8 nitrogen and oxygen atoms in total. The Balaban J connectivity index is 1.85. The van der Waals surface area contributed by atoms with Gasteiger partial charge in [0.05, 0.1) is 11.0 Å². The number of cyclic esters (lactones) is 1. The number of amides is 1. The first-order valence-electron chi connectivity index (χ1n) is 7.51. The summed E-state index contributed by atoms with van der Waals surface area (Å²) in [6.45, 7) is 0.156. The normalized spacial score (nSPS) is 17.6.